The van der Waals surface area contributed by atoms with E-state index in [4.69, 9.17) is 0 Å². The van der Waals surface area contributed by atoms with Gasteiger partial charge in [0.25, 0.3) is 0 Å². The second-order valence-electron chi connectivity index (χ2n) is 3.32. The Morgan fingerprint density at radius 3 is 2.50 bits per heavy atom. The van der Waals surface area contributed by atoms with Gasteiger partial charge in [-0.05, 0) is 29.9 Å². The highest BCUT2D eigenvalue weighted by atomic mass is 32.2. The van der Waals surface area contributed by atoms with E-state index in [-0.39, 0.29) is 0 Å². The Balaban J connectivity index is 1.99. The molecule has 0 aliphatic rings. The lowest BCUT2D eigenvalue weighted by Gasteiger charge is -2.01. The van der Waals surface area contributed by atoms with Crippen molar-refractivity contribution in [2.45, 2.75) is 25.0 Å². The molecule has 0 saturated heterocycles. The molecule has 0 heterocycles. The molecule has 1 aromatic carbocycles. The van der Waals surface area contributed by atoms with Crippen LogP contribution in [0, 0.1) is 0 Å². The van der Waals surface area contributed by atoms with Gasteiger partial charge in [-0.25, -0.2) is 0 Å². The molecular formula is C12H18S2. The van der Waals surface area contributed by atoms with Crippen LogP contribution >= 0.6 is 24.4 Å². The normalized spacial score (nSPS) is 10.4. The molecule has 0 fully saturated rings. The molecule has 2 heteroatoms. The first-order chi connectivity index (χ1) is 6.93. The van der Waals surface area contributed by atoms with Crippen LogP contribution in [0.25, 0.3) is 0 Å². The largest absolute Gasteiger partial charge is 0.179 e. The first kappa shape index (κ1) is 12.0. The van der Waals surface area contributed by atoms with E-state index in [1.165, 1.54) is 30.6 Å². The van der Waals surface area contributed by atoms with E-state index in [9.17, 15) is 0 Å². The Morgan fingerprint density at radius 1 is 1.00 bits per heavy atom. The van der Waals surface area contributed by atoms with Gasteiger partial charge < -0.3 is 0 Å². The lowest BCUT2D eigenvalue weighted by molar-refractivity contribution is 0.787. The third-order valence-electron chi connectivity index (χ3n) is 2.06. The van der Waals surface area contributed by atoms with Gasteiger partial charge in [-0.1, -0.05) is 36.8 Å². The summed E-state index contributed by atoms with van der Waals surface area (Å²) in [5.41, 5.74) is 1.44. The van der Waals surface area contributed by atoms with Crippen molar-refractivity contribution in [3.63, 3.8) is 0 Å². The first-order valence-electron chi connectivity index (χ1n) is 5.16. The fourth-order valence-corrected chi connectivity index (χ4v) is 2.46. The predicted octanol–water partition coefficient (Wildman–Crippen LogP) is 4.02. The van der Waals surface area contributed by atoms with E-state index < -0.39 is 0 Å². The van der Waals surface area contributed by atoms with Crippen molar-refractivity contribution in [1.29, 1.82) is 0 Å². The fourth-order valence-electron chi connectivity index (χ4n) is 1.26. The Labute approximate surface area is 96.9 Å². The van der Waals surface area contributed by atoms with Crippen molar-refractivity contribution < 1.29 is 0 Å². The topological polar surface area (TPSA) is 0 Å². The molecule has 0 saturated carbocycles. The minimum absolute atomic E-state index is 1.03. The zero-order valence-electron chi connectivity index (χ0n) is 8.48. The number of benzene rings is 1. The molecule has 0 atom stereocenters. The van der Waals surface area contributed by atoms with Crippen molar-refractivity contribution in [3.05, 3.63) is 35.9 Å². The van der Waals surface area contributed by atoms with E-state index >= 15 is 0 Å². The quantitative estimate of drug-likeness (QED) is 0.541. The number of rotatable bonds is 7. The smallest absolute Gasteiger partial charge is 0.0184 e. The average molecular weight is 226 g/mol. The van der Waals surface area contributed by atoms with Gasteiger partial charge in [0.1, 0.15) is 0 Å². The van der Waals surface area contributed by atoms with Crippen LogP contribution in [-0.4, -0.2) is 11.5 Å². The number of hydrogen-bond donors (Lipinski definition) is 1. The van der Waals surface area contributed by atoms with Crippen LogP contribution in [0.15, 0.2) is 30.3 Å². The summed E-state index contributed by atoms with van der Waals surface area (Å²) in [5, 5.41) is 0. The lowest BCUT2D eigenvalue weighted by atomic mass is 10.2. The highest BCUT2D eigenvalue weighted by molar-refractivity contribution is 7.98. The molecule has 0 nitrogen and oxygen atoms in total. The molecule has 0 bridgehead atoms. The number of hydrogen-bond acceptors (Lipinski definition) is 2. The monoisotopic (exact) mass is 226 g/mol. The summed E-state index contributed by atoms with van der Waals surface area (Å²) in [6, 6.07) is 10.7. The van der Waals surface area contributed by atoms with E-state index in [1.807, 2.05) is 11.8 Å². The molecule has 78 valence electrons. The molecule has 0 amide bonds. The number of unbranched alkanes of at least 4 members (excludes halogenated alkanes) is 2. The van der Waals surface area contributed by atoms with Gasteiger partial charge in [0.2, 0.25) is 0 Å². The van der Waals surface area contributed by atoms with Gasteiger partial charge in [0.05, 0.1) is 0 Å². The van der Waals surface area contributed by atoms with E-state index in [0.717, 1.165) is 11.5 Å². The third kappa shape index (κ3) is 5.61. The number of thiol groups is 1. The first-order valence-corrected chi connectivity index (χ1v) is 6.94. The zero-order chi connectivity index (χ0) is 10.1. The number of thioether (sulfide) groups is 1. The standard InChI is InChI=1S/C12H18S2/c13-9-5-2-6-10-14-11-12-7-3-1-4-8-12/h1,3-4,7-8,13H,2,5-6,9-11H2. The minimum atomic E-state index is 1.03. The second-order valence-corrected chi connectivity index (χ2v) is 4.87. The minimum Gasteiger partial charge on any atom is -0.179 e. The summed E-state index contributed by atoms with van der Waals surface area (Å²) >= 11 is 6.23. The highest BCUT2D eigenvalue weighted by Gasteiger charge is 1.92. The molecule has 14 heavy (non-hydrogen) atoms. The van der Waals surface area contributed by atoms with Crippen molar-refractivity contribution in [2.24, 2.45) is 0 Å². The summed E-state index contributed by atoms with van der Waals surface area (Å²) in [4.78, 5) is 0. The van der Waals surface area contributed by atoms with Crippen LogP contribution in [0.5, 0.6) is 0 Å². The van der Waals surface area contributed by atoms with Crippen molar-refractivity contribution in [1.82, 2.24) is 0 Å². The van der Waals surface area contributed by atoms with Crippen molar-refractivity contribution >= 4 is 24.4 Å². The Bertz CT molecular complexity index is 221. The summed E-state index contributed by atoms with van der Waals surface area (Å²) < 4.78 is 0. The van der Waals surface area contributed by atoms with Crippen LogP contribution < -0.4 is 0 Å². The summed E-state index contributed by atoms with van der Waals surface area (Å²) in [6.07, 6.45) is 3.92. The molecule has 0 N–H and O–H groups in total. The molecule has 1 aromatic rings. The Hall–Kier alpha value is -0.0800. The van der Waals surface area contributed by atoms with Crippen LogP contribution in [0.1, 0.15) is 24.8 Å². The molecule has 0 radical (unpaired) electrons. The fraction of sp³-hybridized carbons (Fsp3) is 0.500. The average Bonchev–Trinajstić information content (AvgIpc) is 2.25. The van der Waals surface area contributed by atoms with Crippen LogP contribution in [0.2, 0.25) is 0 Å². The third-order valence-corrected chi connectivity index (χ3v) is 3.49. The van der Waals surface area contributed by atoms with E-state index in [2.05, 4.69) is 43.0 Å². The van der Waals surface area contributed by atoms with Gasteiger partial charge in [-0.3, -0.25) is 0 Å². The van der Waals surface area contributed by atoms with Crippen molar-refractivity contribution in [2.75, 3.05) is 11.5 Å². The zero-order valence-corrected chi connectivity index (χ0v) is 10.2. The summed E-state index contributed by atoms with van der Waals surface area (Å²) in [7, 11) is 0. The summed E-state index contributed by atoms with van der Waals surface area (Å²) in [6.45, 7) is 0. The predicted molar refractivity (Wildman–Crippen MR) is 70.3 cm³/mol. The maximum absolute atomic E-state index is 4.20. The van der Waals surface area contributed by atoms with Gasteiger partial charge >= 0.3 is 0 Å². The second kappa shape index (κ2) is 8.25. The van der Waals surface area contributed by atoms with E-state index in [0.29, 0.717) is 0 Å². The SMILES string of the molecule is SCCCCCSCc1ccccc1. The van der Waals surface area contributed by atoms with Crippen molar-refractivity contribution in [3.8, 4) is 0 Å². The van der Waals surface area contributed by atoms with Crippen LogP contribution in [0.3, 0.4) is 0 Å². The van der Waals surface area contributed by atoms with Crippen LogP contribution in [0.4, 0.5) is 0 Å². The van der Waals surface area contributed by atoms with Gasteiger partial charge in [-0.15, -0.1) is 0 Å². The van der Waals surface area contributed by atoms with Gasteiger partial charge in [-0.2, -0.15) is 24.4 Å². The maximum atomic E-state index is 4.20. The lowest BCUT2D eigenvalue weighted by Crippen LogP contribution is -1.84. The molecule has 0 aliphatic heterocycles. The molecular weight excluding hydrogens is 208 g/mol. The Kier molecular flexibility index (Phi) is 7.06. The molecule has 1 rings (SSSR count). The molecule has 0 unspecified atom stereocenters. The molecule has 0 spiro atoms. The highest BCUT2D eigenvalue weighted by Crippen LogP contribution is 2.13. The van der Waals surface area contributed by atoms with E-state index in [1.54, 1.807) is 0 Å². The Morgan fingerprint density at radius 2 is 1.79 bits per heavy atom. The maximum Gasteiger partial charge on any atom is 0.0184 e. The molecule has 0 aliphatic carbocycles. The molecule has 0 aromatic heterocycles. The van der Waals surface area contributed by atoms with Gasteiger partial charge in [0.15, 0.2) is 0 Å². The van der Waals surface area contributed by atoms with Crippen LogP contribution in [-0.2, 0) is 5.75 Å². The summed E-state index contributed by atoms with van der Waals surface area (Å²) in [5.74, 6) is 3.47. The van der Waals surface area contributed by atoms with Gasteiger partial charge in [0, 0.05) is 5.75 Å².